The second kappa shape index (κ2) is 7.58. The number of rotatable bonds is 4. The number of aromatic hydroxyl groups is 1. The van der Waals surface area contributed by atoms with Gasteiger partial charge in [0.15, 0.2) is 0 Å². The number of carbonyl (C=O) groups excluding carboxylic acids is 1. The van der Waals surface area contributed by atoms with Crippen LogP contribution < -0.4 is 5.43 Å². The number of nitrogens with zero attached hydrogens (tertiary/aromatic N) is 1. The number of aromatic nitrogens is 1. The van der Waals surface area contributed by atoms with Gasteiger partial charge in [-0.15, -0.1) is 0 Å². The molecule has 1 aromatic heterocycles. The monoisotopic (exact) mass is 389 g/mol. The SMILES string of the molecule is O=C(N/N=C\c1ccc(O)cc1)c1[nH]c2ccc(Cl)cc2c1-c1ccccc1. The van der Waals surface area contributed by atoms with Gasteiger partial charge in [0.1, 0.15) is 11.4 Å². The van der Waals surface area contributed by atoms with Gasteiger partial charge in [0, 0.05) is 21.5 Å². The summed E-state index contributed by atoms with van der Waals surface area (Å²) in [5, 5.41) is 14.8. The average Bonchev–Trinajstić information content (AvgIpc) is 3.09. The Kier molecular flexibility index (Phi) is 4.83. The molecule has 6 heteroatoms. The summed E-state index contributed by atoms with van der Waals surface area (Å²) in [5.41, 5.74) is 6.21. The standard InChI is InChI=1S/C22H16ClN3O2/c23-16-8-11-19-18(12-16)20(15-4-2-1-3-5-15)21(25-19)22(28)26-24-13-14-6-9-17(27)10-7-14/h1-13,25,27H,(H,26,28)/b24-13-. The first-order valence-electron chi connectivity index (χ1n) is 8.61. The lowest BCUT2D eigenvalue weighted by Crippen LogP contribution is -2.18. The van der Waals surface area contributed by atoms with Crippen LogP contribution in [-0.4, -0.2) is 22.2 Å². The molecule has 1 heterocycles. The molecule has 0 bridgehead atoms. The Labute approximate surface area is 166 Å². The normalized spacial score (nSPS) is 11.2. The van der Waals surface area contributed by atoms with E-state index in [0.717, 1.165) is 27.6 Å². The molecule has 0 unspecified atom stereocenters. The molecule has 0 aliphatic heterocycles. The maximum Gasteiger partial charge on any atom is 0.288 e. The van der Waals surface area contributed by atoms with Gasteiger partial charge in [-0.2, -0.15) is 5.10 Å². The number of fused-ring (bicyclic) bond motifs is 1. The number of amides is 1. The molecule has 0 aliphatic carbocycles. The molecule has 3 N–H and O–H groups in total. The van der Waals surface area contributed by atoms with E-state index in [1.807, 2.05) is 42.5 Å². The second-order valence-electron chi connectivity index (χ2n) is 6.22. The molecular weight excluding hydrogens is 374 g/mol. The number of hydrogen-bond acceptors (Lipinski definition) is 3. The van der Waals surface area contributed by atoms with Crippen molar-refractivity contribution in [3.05, 3.63) is 89.1 Å². The topological polar surface area (TPSA) is 77.5 Å². The van der Waals surface area contributed by atoms with E-state index >= 15 is 0 Å². The van der Waals surface area contributed by atoms with Crippen molar-refractivity contribution in [3.63, 3.8) is 0 Å². The van der Waals surface area contributed by atoms with Gasteiger partial charge in [-0.3, -0.25) is 4.79 Å². The van der Waals surface area contributed by atoms with E-state index in [9.17, 15) is 9.90 Å². The molecular formula is C22H16ClN3O2. The predicted octanol–water partition coefficient (Wildman–Crippen LogP) is 4.96. The van der Waals surface area contributed by atoms with Crippen molar-refractivity contribution in [1.29, 1.82) is 0 Å². The third-order valence-electron chi connectivity index (χ3n) is 4.32. The molecule has 0 saturated heterocycles. The van der Waals surface area contributed by atoms with Crippen LogP contribution in [0.15, 0.2) is 77.9 Å². The summed E-state index contributed by atoms with van der Waals surface area (Å²) >= 11 is 6.17. The highest BCUT2D eigenvalue weighted by atomic mass is 35.5. The van der Waals surface area contributed by atoms with Gasteiger partial charge in [-0.05, 0) is 53.6 Å². The highest BCUT2D eigenvalue weighted by Gasteiger charge is 2.19. The number of benzene rings is 3. The summed E-state index contributed by atoms with van der Waals surface area (Å²) in [6, 6.07) is 21.6. The summed E-state index contributed by atoms with van der Waals surface area (Å²) < 4.78 is 0. The van der Waals surface area contributed by atoms with E-state index in [4.69, 9.17) is 11.6 Å². The number of phenolic OH excluding ortho intramolecular Hbond substituents is 1. The Hall–Kier alpha value is -3.57. The molecule has 0 saturated carbocycles. The molecule has 138 valence electrons. The molecule has 4 aromatic rings. The minimum Gasteiger partial charge on any atom is -0.508 e. The average molecular weight is 390 g/mol. The summed E-state index contributed by atoms with van der Waals surface area (Å²) in [6.07, 6.45) is 1.51. The van der Waals surface area contributed by atoms with Gasteiger partial charge in [0.05, 0.1) is 6.21 Å². The van der Waals surface area contributed by atoms with Crippen LogP contribution in [0.2, 0.25) is 5.02 Å². The fraction of sp³-hybridized carbons (Fsp3) is 0. The van der Waals surface area contributed by atoms with E-state index in [0.29, 0.717) is 10.7 Å². The first-order chi connectivity index (χ1) is 13.6. The molecule has 0 spiro atoms. The number of phenols is 1. The van der Waals surface area contributed by atoms with E-state index < -0.39 is 0 Å². The fourth-order valence-electron chi connectivity index (χ4n) is 3.02. The number of hydrazone groups is 1. The predicted molar refractivity (Wildman–Crippen MR) is 112 cm³/mol. The maximum absolute atomic E-state index is 12.8. The Morgan fingerprint density at radius 2 is 1.79 bits per heavy atom. The number of halogens is 1. The smallest absolute Gasteiger partial charge is 0.288 e. The minimum atomic E-state index is -0.360. The summed E-state index contributed by atoms with van der Waals surface area (Å²) in [4.78, 5) is 16.0. The third-order valence-corrected chi connectivity index (χ3v) is 4.56. The Morgan fingerprint density at radius 1 is 1.04 bits per heavy atom. The Bertz CT molecular complexity index is 1170. The lowest BCUT2D eigenvalue weighted by Gasteiger charge is -2.04. The van der Waals surface area contributed by atoms with Crippen molar-refractivity contribution in [2.45, 2.75) is 0 Å². The van der Waals surface area contributed by atoms with Crippen molar-refractivity contribution in [1.82, 2.24) is 10.4 Å². The zero-order valence-electron chi connectivity index (χ0n) is 14.7. The van der Waals surface area contributed by atoms with Crippen molar-refractivity contribution in [2.75, 3.05) is 0 Å². The molecule has 0 aliphatic rings. The van der Waals surface area contributed by atoms with Crippen molar-refractivity contribution < 1.29 is 9.90 Å². The van der Waals surface area contributed by atoms with Gasteiger partial charge in [0.25, 0.3) is 5.91 Å². The molecule has 3 aromatic carbocycles. The minimum absolute atomic E-state index is 0.172. The van der Waals surface area contributed by atoms with Crippen LogP contribution >= 0.6 is 11.6 Å². The van der Waals surface area contributed by atoms with E-state index in [-0.39, 0.29) is 11.7 Å². The van der Waals surface area contributed by atoms with E-state index in [1.165, 1.54) is 6.21 Å². The molecule has 5 nitrogen and oxygen atoms in total. The Morgan fingerprint density at radius 3 is 2.54 bits per heavy atom. The van der Waals surface area contributed by atoms with Gasteiger partial charge in [-0.1, -0.05) is 41.9 Å². The number of hydrogen-bond donors (Lipinski definition) is 3. The van der Waals surface area contributed by atoms with Gasteiger partial charge in [0.2, 0.25) is 0 Å². The van der Waals surface area contributed by atoms with Crippen molar-refractivity contribution in [3.8, 4) is 16.9 Å². The molecule has 0 radical (unpaired) electrons. The fourth-order valence-corrected chi connectivity index (χ4v) is 3.19. The number of aromatic amines is 1. The first kappa shape index (κ1) is 17.8. The van der Waals surface area contributed by atoms with Crippen LogP contribution in [0.5, 0.6) is 5.75 Å². The van der Waals surface area contributed by atoms with E-state index in [2.05, 4.69) is 15.5 Å². The molecule has 4 rings (SSSR count). The number of nitrogens with one attached hydrogen (secondary N) is 2. The van der Waals surface area contributed by atoms with Crippen molar-refractivity contribution >= 4 is 34.6 Å². The number of H-pyrrole nitrogens is 1. The zero-order chi connectivity index (χ0) is 19.5. The summed E-state index contributed by atoms with van der Waals surface area (Å²) in [7, 11) is 0. The van der Waals surface area contributed by atoms with Gasteiger partial charge >= 0.3 is 0 Å². The van der Waals surface area contributed by atoms with Crippen LogP contribution in [0.4, 0.5) is 0 Å². The maximum atomic E-state index is 12.8. The summed E-state index contributed by atoms with van der Waals surface area (Å²) in [5.74, 6) is -0.188. The van der Waals surface area contributed by atoms with Crippen molar-refractivity contribution in [2.24, 2.45) is 5.10 Å². The Balaban J connectivity index is 1.69. The van der Waals surface area contributed by atoms with Gasteiger partial charge in [-0.25, -0.2) is 5.43 Å². The highest BCUT2D eigenvalue weighted by Crippen LogP contribution is 2.34. The third kappa shape index (κ3) is 3.61. The quantitative estimate of drug-likeness (QED) is 0.341. The van der Waals surface area contributed by atoms with Gasteiger partial charge < -0.3 is 10.1 Å². The van der Waals surface area contributed by atoms with Crippen LogP contribution in [0, 0.1) is 0 Å². The van der Waals surface area contributed by atoms with Crippen LogP contribution in [-0.2, 0) is 0 Å². The van der Waals surface area contributed by atoms with Crippen LogP contribution in [0.25, 0.3) is 22.0 Å². The van der Waals surface area contributed by atoms with Crippen LogP contribution in [0.3, 0.4) is 0 Å². The molecule has 1 amide bonds. The second-order valence-corrected chi connectivity index (χ2v) is 6.66. The number of carbonyl (C=O) groups is 1. The first-order valence-corrected chi connectivity index (χ1v) is 8.99. The lowest BCUT2D eigenvalue weighted by molar-refractivity contribution is 0.0951. The molecule has 28 heavy (non-hydrogen) atoms. The highest BCUT2D eigenvalue weighted by molar-refractivity contribution is 6.31. The molecule has 0 fully saturated rings. The molecule has 0 atom stereocenters. The largest absolute Gasteiger partial charge is 0.508 e. The zero-order valence-corrected chi connectivity index (χ0v) is 15.4. The van der Waals surface area contributed by atoms with E-state index in [1.54, 1.807) is 30.3 Å². The summed E-state index contributed by atoms with van der Waals surface area (Å²) in [6.45, 7) is 0. The van der Waals surface area contributed by atoms with Crippen LogP contribution in [0.1, 0.15) is 16.1 Å². The lowest BCUT2D eigenvalue weighted by atomic mass is 10.0.